The first-order chi connectivity index (χ1) is 14.5. The number of hydrogen-bond acceptors (Lipinski definition) is 2. The van der Waals surface area contributed by atoms with Crippen LogP contribution in [0.2, 0.25) is 5.02 Å². The molecule has 0 amide bonds. The standard InChI is InChI=1S/C25H31ClNO2P/c1-5-9-10-23-22-16-15-21(26)18-24(22)30(28,29-8-4)27(17-6-2)25(23)20-13-11-19(7-3)12-14-20/h5,9,11-16,18H,6-8,10,17H2,1-4H3/b9-5+. The number of fused-ring (bicyclic) bond motifs is 1. The van der Waals surface area contributed by atoms with Gasteiger partial charge in [0.2, 0.25) is 0 Å². The summed E-state index contributed by atoms with van der Waals surface area (Å²) in [4.78, 5) is 0. The normalized spacial score (nSPS) is 18.9. The van der Waals surface area contributed by atoms with E-state index >= 15 is 0 Å². The number of hydrogen-bond donors (Lipinski definition) is 0. The van der Waals surface area contributed by atoms with E-state index in [9.17, 15) is 4.57 Å². The number of rotatable bonds is 8. The Kier molecular flexibility index (Phi) is 7.63. The lowest BCUT2D eigenvalue weighted by molar-refractivity contribution is 0.305. The number of allylic oxidation sites excluding steroid dienone is 3. The smallest absolute Gasteiger partial charge is 0.310 e. The van der Waals surface area contributed by atoms with Gasteiger partial charge in [0.15, 0.2) is 0 Å². The quantitative estimate of drug-likeness (QED) is 0.316. The summed E-state index contributed by atoms with van der Waals surface area (Å²) in [5.74, 6) is 0. The first-order valence-corrected chi connectivity index (χ1v) is 12.7. The van der Waals surface area contributed by atoms with Crippen molar-refractivity contribution in [1.82, 2.24) is 4.67 Å². The van der Waals surface area contributed by atoms with E-state index in [1.807, 2.05) is 36.7 Å². The molecule has 1 atom stereocenters. The molecule has 0 radical (unpaired) electrons. The molecule has 3 nitrogen and oxygen atoms in total. The van der Waals surface area contributed by atoms with Crippen LogP contribution >= 0.6 is 19.1 Å². The van der Waals surface area contributed by atoms with Crippen LogP contribution in [-0.4, -0.2) is 17.8 Å². The largest absolute Gasteiger partial charge is 0.327 e. The second kappa shape index (κ2) is 10.0. The van der Waals surface area contributed by atoms with Crippen LogP contribution in [0.25, 0.3) is 11.3 Å². The van der Waals surface area contributed by atoms with Gasteiger partial charge >= 0.3 is 7.52 Å². The summed E-state index contributed by atoms with van der Waals surface area (Å²) in [5, 5.41) is 1.28. The number of halogens is 1. The van der Waals surface area contributed by atoms with E-state index in [0.29, 0.717) is 23.5 Å². The monoisotopic (exact) mass is 443 g/mol. The molecule has 1 aliphatic heterocycles. The zero-order valence-electron chi connectivity index (χ0n) is 18.3. The van der Waals surface area contributed by atoms with E-state index in [0.717, 1.165) is 41.7 Å². The van der Waals surface area contributed by atoms with Crippen molar-refractivity contribution in [2.75, 3.05) is 13.2 Å². The first-order valence-electron chi connectivity index (χ1n) is 10.8. The maximum Gasteiger partial charge on any atom is 0.327 e. The van der Waals surface area contributed by atoms with Gasteiger partial charge in [-0.05, 0) is 67.5 Å². The highest BCUT2D eigenvalue weighted by atomic mass is 35.5. The SMILES string of the molecule is C/C=C/CC1=C(c2ccc(CC)cc2)N(CCC)P(=O)(OCC)c2cc(Cl)ccc21. The molecule has 30 heavy (non-hydrogen) atoms. The molecule has 0 bridgehead atoms. The van der Waals surface area contributed by atoms with Gasteiger partial charge in [0.25, 0.3) is 0 Å². The molecule has 1 aliphatic rings. The summed E-state index contributed by atoms with van der Waals surface area (Å²) >= 11 is 6.34. The maximum atomic E-state index is 14.4. The number of benzene rings is 2. The van der Waals surface area contributed by atoms with Crippen LogP contribution in [0.1, 0.15) is 57.2 Å². The van der Waals surface area contributed by atoms with E-state index in [1.54, 1.807) is 0 Å². The van der Waals surface area contributed by atoms with E-state index in [-0.39, 0.29) is 0 Å². The average Bonchev–Trinajstić information content (AvgIpc) is 2.75. The van der Waals surface area contributed by atoms with Crippen LogP contribution in [-0.2, 0) is 15.5 Å². The molecule has 0 N–H and O–H groups in total. The molecule has 2 aromatic carbocycles. The molecule has 3 rings (SSSR count). The van der Waals surface area contributed by atoms with E-state index in [4.69, 9.17) is 16.1 Å². The van der Waals surface area contributed by atoms with Gasteiger partial charge in [0.05, 0.1) is 17.6 Å². The molecule has 0 fully saturated rings. The second-order valence-corrected chi connectivity index (χ2v) is 10.1. The van der Waals surface area contributed by atoms with Crippen molar-refractivity contribution in [3.63, 3.8) is 0 Å². The van der Waals surface area contributed by atoms with Crippen molar-refractivity contribution in [3.8, 4) is 0 Å². The molecule has 0 aliphatic carbocycles. The van der Waals surface area contributed by atoms with Crippen LogP contribution < -0.4 is 5.30 Å². The Bertz CT molecular complexity index is 995. The fourth-order valence-corrected chi connectivity index (χ4v) is 6.89. The minimum absolute atomic E-state index is 0.371. The van der Waals surface area contributed by atoms with Crippen molar-refractivity contribution < 1.29 is 9.09 Å². The van der Waals surface area contributed by atoms with Gasteiger partial charge in [0.1, 0.15) is 0 Å². The zero-order valence-corrected chi connectivity index (χ0v) is 20.0. The Morgan fingerprint density at radius 3 is 2.43 bits per heavy atom. The molecule has 0 saturated heterocycles. The Labute approximate surface area is 185 Å². The third-order valence-corrected chi connectivity index (χ3v) is 8.24. The van der Waals surface area contributed by atoms with Crippen molar-refractivity contribution in [2.45, 2.75) is 47.0 Å². The highest BCUT2D eigenvalue weighted by Crippen LogP contribution is 2.59. The van der Waals surface area contributed by atoms with Crippen LogP contribution in [0.15, 0.2) is 54.6 Å². The third kappa shape index (κ3) is 4.30. The fraction of sp³-hybridized carbons (Fsp3) is 0.360. The fourth-order valence-electron chi connectivity index (χ4n) is 3.97. The highest BCUT2D eigenvalue weighted by Gasteiger charge is 2.42. The molecule has 160 valence electrons. The highest BCUT2D eigenvalue weighted by molar-refractivity contribution is 7.65. The minimum Gasteiger partial charge on any atom is -0.310 e. The topological polar surface area (TPSA) is 29.5 Å². The molecule has 0 aromatic heterocycles. The van der Waals surface area contributed by atoms with Gasteiger partial charge in [-0.2, -0.15) is 0 Å². The van der Waals surface area contributed by atoms with Crippen molar-refractivity contribution >= 4 is 35.7 Å². The number of nitrogens with zero attached hydrogens (tertiary/aromatic N) is 1. The van der Waals surface area contributed by atoms with Crippen LogP contribution in [0.5, 0.6) is 0 Å². The molecule has 1 heterocycles. The maximum absolute atomic E-state index is 14.4. The van der Waals surface area contributed by atoms with E-state index in [1.165, 1.54) is 5.56 Å². The molecule has 1 unspecified atom stereocenters. The van der Waals surface area contributed by atoms with Crippen LogP contribution in [0.4, 0.5) is 0 Å². The predicted molar refractivity (Wildman–Crippen MR) is 129 cm³/mol. The van der Waals surface area contributed by atoms with Crippen LogP contribution in [0, 0.1) is 0 Å². The summed E-state index contributed by atoms with van der Waals surface area (Å²) in [5.41, 5.74) is 5.48. The van der Waals surface area contributed by atoms with E-state index < -0.39 is 7.52 Å². The summed E-state index contributed by atoms with van der Waals surface area (Å²) in [6.45, 7) is 9.19. The zero-order chi connectivity index (χ0) is 21.7. The molecular weight excluding hydrogens is 413 g/mol. The van der Waals surface area contributed by atoms with Crippen molar-refractivity contribution in [3.05, 3.63) is 76.3 Å². The molecule has 0 saturated carbocycles. The van der Waals surface area contributed by atoms with Crippen molar-refractivity contribution in [1.29, 1.82) is 0 Å². The lowest BCUT2D eigenvalue weighted by Gasteiger charge is -2.41. The minimum atomic E-state index is -3.30. The van der Waals surface area contributed by atoms with Gasteiger partial charge in [-0.1, -0.05) is 67.9 Å². The third-order valence-electron chi connectivity index (χ3n) is 5.38. The molecular formula is C25H31ClNO2P. The van der Waals surface area contributed by atoms with Crippen LogP contribution in [0.3, 0.4) is 0 Å². The summed E-state index contributed by atoms with van der Waals surface area (Å²) in [7, 11) is -3.30. The van der Waals surface area contributed by atoms with Gasteiger partial charge in [-0.15, -0.1) is 0 Å². The van der Waals surface area contributed by atoms with Gasteiger partial charge in [-0.3, -0.25) is 9.24 Å². The molecule has 5 heteroatoms. The Hall–Kier alpha value is -1.80. The Morgan fingerprint density at radius 1 is 1.10 bits per heavy atom. The average molecular weight is 444 g/mol. The first kappa shape index (κ1) is 22.9. The van der Waals surface area contributed by atoms with E-state index in [2.05, 4.69) is 50.3 Å². The molecule has 0 spiro atoms. The molecule has 2 aromatic rings. The lowest BCUT2D eigenvalue weighted by atomic mass is 9.95. The van der Waals surface area contributed by atoms with Gasteiger partial charge < -0.3 is 4.52 Å². The second-order valence-electron chi connectivity index (χ2n) is 7.37. The van der Waals surface area contributed by atoms with Gasteiger partial charge in [-0.25, -0.2) is 0 Å². The summed E-state index contributed by atoms with van der Waals surface area (Å²) in [6.07, 6.45) is 6.81. The van der Waals surface area contributed by atoms with Crippen molar-refractivity contribution in [2.24, 2.45) is 0 Å². The van der Waals surface area contributed by atoms with Gasteiger partial charge in [0, 0.05) is 11.6 Å². The Morgan fingerprint density at radius 2 is 1.83 bits per heavy atom. The summed E-state index contributed by atoms with van der Waals surface area (Å²) < 4.78 is 22.5. The Balaban J connectivity index is 2.36. The number of aryl methyl sites for hydroxylation is 1. The predicted octanol–water partition coefficient (Wildman–Crippen LogP) is 7.32. The summed E-state index contributed by atoms with van der Waals surface area (Å²) in [6, 6.07) is 14.3. The lowest BCUT2D eigenvalue weighted by Crippen LogP contribution is -2.33.